The summed E-state index contributed by atoms with van der Waals surface area (Å²) in [5, 5.41) is 15.2. The second kappa shape index (κ2) is 8.52. The maximum Gasteiger partial charge on any atom is 0.407 e. The molecule has 0 unspecified atom stereocenters. The summed E-state index contributed by atoms with van der Waals surface area (Å²) in [6.07, 6.45) is 1.40. The number of aromatic hydroxyl groups is 1. The topological polar surface area (TPSA) is 70.6 Å². The Morgan fingerprint density at radius 3 is 2.43 bits per heavy atom. The number of ether oxygens (including phenoxy) is 1. The number of rotatable bonds is 7. The molecular formula is C16H26N2O3. The monoisotopic (exact) mass is 294 g/mol. The third-order valence-corrected chi connectivity index (χ3v) is 2.73. The van der Waals surface area contributed by atoms with E-state index < -0.39 is 5.60 Å². The molecule has 0 bridgehead atoms. The van der Waals surface area contributed by atoms with Crippen molar-refractivity contribution >= 4 is 6.09 Å². The minimum Gasteiger partial charge on any atom is -0.508 e. The molecule has 0 fully saturated rings. The summed E-state index contributed by atoms with van der Waals surface area (Å²) in [6, 6.07) is 7.22. The van der Waals surface area contributed by atoms with Gasteiger partial charge in [-0.3, -0.25) is 0 Å². The fourth-order valence-corrected chi connectivity index (χ4v) is 1.74. The van der Waals surface area contributed by atoms with Crippen LogP contribution in [-0.2, 0) is 11.2 Å². The van der Waals surface area contributed by atoms with Gasteiger partial charge in [-0.25, -0.2) is 4.79 Å². The SMILES string of the molecule is CC(C)(C)OC(=O)NCCCNCCc1ccc(O)cc1. The van der Waals surface area contributed by atoms with Gasteiger partial charge in [-0.1, -0.05) is 12.1 Å². The van der Waals surface area contributed by atoms with Crippen LogP contribution in [0.1, 0.15) is 32.8 Å². The zero-order valence-corrected chi connectivity index (χ0v) is 13.1. The predicted octanol–water partition coefficient (Wildman–Crippen LogP) is 2.44. The van der Waals surface area contributed by atoms with E-state index in [-0.39, 0.29) is 6.09 Å². The van der Waals surface area contributed by atoms with Gasteiger partial charge < -0.3 is 20.5 Å². The summed E-state index contributed by atoms with van der Waals surface area (Å²) in [7, 11) is 0. The highest BCUT2D eigenvalue weighted by molar-refractivity contribution is 5.67. The molecule has 0 aliphatic rings. The van der Waals surface area contributed by atoms with Gasteiger partial charge in [-0.05, 0) is 64.4 Å². The van der Waals surface area contributed by atoms with E-state index in [4.69, 9.17) is 4.74 Å². The van der Waals surface area contributed by atoms with Crippen LogP contribution in [0.5, 0.6) is 5.75 Å². The molecule has 0 saturated heterocycles. The molecule has 0 heterocycles. The molecule has 0 radical (unpaired) electrons. The average Bonchev–Trinajstić information content (AvgIpc) is 2.37. The van der Waals surface area contributed by atoms with Gasteiger partial charge in [0, 0.05) is 6.54 Å². The molecule has 5 nitrogen and oxygen atoms in total. The van der Waals surface area contributed by atoms with Crippen LogP contribution in [0.4, 0.5) is 4.79 Å². The van der Waals surface area contributed by atoms with Gasteiger partial charge in [-0.15, -0.1) is 0 Å². The Hall–Kier alpha value is -1.75. The van der Waals surface area contributed by atoms with E-state index in [1.54, 1.807) is 12.1 Å². The van der Waals surface area contributed by atoms with Crippen molar-refractivity contribution in [2.75, 3.05) is 19.6 Å². The molecule has 3 N–H and O–H groups in total. The van der Waals surface area contributed by atoms with Gasteiger partial charge >= 0.3 is 6.09 Å². The number of hydrogen-bond donors (Lipinski definition) is 3. The maximum atomic E-state index is 11.4. The molecule has 0 aromatic heterocycles. The van der Waals surface area contributed by atoms with Crippen LogP contribution in [0.15, 0.2) is 24.3 Å². The Morgan fingerprint density at radius 1 is 1.14 bits per heavy atom. The summed E-state index contributed by atoms with van der Waals surface area (Å²) < 4.78 is 5.14. The number of benzene rings is 1. The molecule has 0 atom stereocenters. The smallest absolute Gasteiger partial charge is 0.407 e. The molecule has 1 amide bonds. The zero-order valence-electron chi connectivity index (χ0n) is 13.1. The first-order valence-electron chi connectivity index (χ1n) is 7.32. The second-order valence-corrected chi connectivity index (χ2v) is 5.95. The summed E-state index contributed by atoms with van der Waals surface area (Å²) in [5.74, 6) is 0.292. The van der Waals surface area contributed by atoms with Crippen LogP contribution in [0.25, 0.3) is 0 Å². The molecule has 0 spiro atoms. The number of phenolic OH excluding ortho intramolecular Hbond substituents is 1. The van der Waals surface area contributed by atoms with Crippen molar-refractivity contribution in [2.24, 2.45) is 0 Å². The van der Waals surface area contributed by atoms with E-state index in [0.29, 0.717) is 12.3 Å². The van der Waals surface area contributed by atoms with E-state index in [9.17, 15) is 9.90 Å². The van der Waals surface area contributed by atoms with E-state index in [2.05, 4.69) is 10.6 Å². The highest BCUT2D eigenvalue weighted by Gasteiger charge is 2.15. The standard InChI is InChI=1S/C16H26N2O3/c1-16(2,3)21-15(20)18-11-4-10-17-12-9-13-5-7-14(19)8-6-13/h5-8,17,19H,4,9-12H2,1-3H3,(H,18,20). The van der Waals surface area contributed by atoms with Gasteiger partial charge in [-0.2, -0.15) is 0 Å². The van der Waals surface area contributed by atoms with Crippen LogP contribution in [0.2, 0.25) is 0 Å². The quantitative estimate of drug-likeness (QED) is 0.676. The van der Waals surface area contributed by atoms with Crippen molar-refractivity contribution in [2.45, 2.75) is 39.2 Å². The van der Waals surface area contributed by atoms with E-state index in [1.165, 1.54) is 5.56 Å². The highest BCUT2D eigenvalue weighted by atomic mass is 16.6. The third kappa shape index (κ3) is 8.92. The number of carbonyl (C=O) groups is 1. The Labute approximate surface area is 126 Å². The lowest BCUT2D eigenvalue weighted by molar-refractivity contribution is 0.0527. The highest BCUT2D eigenvalue weighted by Crippen LogP contribution is 2.09. The van der Waals surface area contributed by atoms with Gasteiger partial charge in [0.2, 0.25) is 0 Å². The Morgan fingerprint density at radius 2 is 1.81 bits per heavy atom. The Kier molecular flexibility index (Phi) is 7.02. The fraction of sp³-hybridized carbons (Fsp3) is 0.562. The van der Waals surface area contributed by atoms with Crippen molar-refractivity contribution in [1.29, 1.82) is 0 Å². The van der Waals surface area contributed by atoms with Gasteiger partial charge in [0.1, 0.15) is 11.4 Å². The second-order valence-electron chi connectivity index (χ2n) is 5.95. The number of phenols is 1. The van der Waals surface area contributed by atoms with Crippen LogP contribution in [-0.4, -0.2) is 36.4 Å². The first kappa shape index (κ1) is 17.3. The molecule has 118 valence electrons. The number of amides is 1. The van der Waals surface area contributed by atoms with Crippen LogP contribution in [0, 0.1) is 0 Å². The number of nitrogens with one attached hydrogen (secondary N) is 2. The van der Waals surface area contributed by atoms with Crippen molar-refractivity contribution in [3.63, 3.8) is 0 Å². The lowest BCUT2D eigenvalue weighted by Gasteiger charge is -2.19. The Bertz CT molecular complexity index is 424. The summed E-state index contributed by atoms with van der Waals surface area (Å²) >= 11 is 0. The lowest BCUT2D eigenvalue weighted by atomic mass is 10.1. The van der Waals surface area contributed by atoms with Crippen LogP contribution >= 0.6 is 0 Å². The van der Waals surface area contributed by atoms with Gasteiger partial charge in [0.25, 0.3) is 0 Å². The van der Waals surface area contributed by atoms with Crippen molar-refractivity contribution in [3.8, 4) is 5.75 Å². The lowest BCUT2D eigenvalue weighted by Crippen LogP contribution is -2.34. The predicted molar refractivity (Wildman–Crippen MR) is 83.5 cm³/mol. The number of hydrogen-bond acceptors (Lipinski definition) is 4. The molecule has 0 saturated carbocycles. The molecule has 5 heteroatoms. The Balaban J connectivity index is 2.00. The molecule has 1 aromatic rings. The third-order valence-electron chi connectivity index (χ3n) is 2.73. The number of carbonyl (C=O) groups excluding carboxylic acids is 1. The van der Waals surface area contributed by atoms with E-state index >= 15 is 0 Å². The van der Waals surface area contributed by atoms with Crippen LogP contribution in [0.3, 0.4) is 0 Å². The molecular weight excluding hydrogens is 268 g/mol. The number of alkyl carbamates (subject to hydrolysis) is 1. The maximum absolute atomic E-state index is 11.4. The van der Waals surface area contributed by atoms with Crippen molar-refractivity contribution < 1.29 is 14.6 Å². The first-order valence-corrected chi connectivity index (χ1v) is 7.32. The summed E-state index contributed by atoms with van der Waals surface area (Å²) in [4.78, 5) is 11.4. The fourth-order valence-electron chi connectivity index (χ4n) is 1.74. The minimum absolute atomic E-state index is 0.292. The summed E-state index contributed by atoms with van der Waals surface area (Å²) in [6.45, 7) is 7.85. The zero-order chi connectivity index (χ0) is 15.7. The summed E-state index contributed by atoms with van der Waals surface area (Å²) in [5.41, 5.74) is 0.735. The van der Waals surface area contributed by atoms with Crippen LogP contribution < -0.4 is 10.6 Å². The molecule has 1 rings (SSSR count). The van der Waals surface area contributed by atoms with Crippen molar-refractivity contribution in [1.82, 2.24) is 10.6 Å². The van der Waals surface area contributed by atoms with Crippen molar-refractivity contribution in [3.05, 3.63) is 29.8 Å². The van der Waals surface area contributed by atoms with Gasteiger partial charge in [0.15, 0.2) is 0 Å². The average molecular weight is 294 g/mol. The molecule has 0 aliphatic carbocycles. The van der Waals surface area contributed by atoms with Gasteiger partial charge in [0.05, 0.1) is 0 Å². The molecule has 1 aromatic carbocycles. The molecule has 21 heavy (non-hydrogen) atoms. The normalized spacial score (nSPS) is 11.2. The largest absolute Gasteiger partial charge is 0.508 e. The first-order chi connectivity index (χ1) is 9.87. The minimum atomic E-state index is -0.452. The van der Waals surface area contributed by atoms with E-state index in [0.717, 1.165) is 25.9 Å². The van der Waals surface area contributed by atoms with E-state index in [1.807, 2.05) is 32.9 Å². The molecule has 0 aliphatic heterocycles.